The normalized spacial score (nSPS) is 12.4. The van der Waals surface area contributed by atoms with Crippen LogP contribution in [0.5, 0.6) is 0 Å². The number of halogens is 1. The molecule has 1 aromatic carbocycles. The van der Waals surface area contributed by atoms with E-state index in [0.29, 0.717) is 0 Å². The maximum Gasteiger partial charge on any atom is 0.115 e. The van der Waals surface area contributed by atoms with E-state index in [0.717, 1.165) is 22.7 Å². The van der Waals surface area contributed by atoms with E-state index in [2.05, 4.69) is 9.97 Å². The van der Waals surface area contributed by atoms with Crippen LogP contribution in [0.1, 0.15) is 17.3 Å². The van der Waals surface area contributed by atoms with Crippen LogP contribution in [-0.4, -0.2) is 9.97 Å². The summed E-state index contributed by atoms with van der Waals surface area (Å²) in [4.78, 5) is 7.99. The highest BCUT2D eigenvalue weighted by Gasteiger charge is 2.07. The smallest absolute Gasteiger partial charge is 0.115 e. The molecule has 0 saturated carbocycles. The quantitative estimate of drug-likeness (QED) is 0.886. The standard InChI is InChI=1S/C12H12ClN3/c13-10-3-1-9(2-4-10)7-11(14)12-5-6-15-8-16-12/h1-6,8,11H,7,14H2. The van der Waals surface area contributed by atoms with Gasteiger partial charge in [-0.3, -0.25) is 0 Å². The summed E-state index contributed by atoms with van der Waals surface area (Å²) in [6, 6.07) is 9.41. The summed E-state index contributed by atoms with van der Waals surface area (Å²) in [5, 5.41) is 0.736. The van der Waals surface area contributed by atoms with Crippen LogP contribution in [0.2, 0.25) is 5.02 Å². The number of rotatable bonds is 3. The highest BCUT2D eigenvalue weighted by Crippen LogP contribution is 2.15. The molecule has 3 nitrogen and oxygen atoms in total. The Hall–Kier alpha value is -1.45. The number of hydrogen-bond donors (Lipinski definition) is 1. The van der Waals surface area contributed by atoms with Gasteiger partial charge in [-0.2, -0.15) is 0 Å². The van der Waals surface area contributed by atoms with Gasteiger partial charge in [0.2, 0.25) is 0 Å². The molecule has 1 atom stereocenters. The Balaban J connectivity index is 2.08. The minimum Gasteiger partial charge on any atom is -0.322 e. The first-order chi connectivity index (χ1) is 7.75. The van der Waals surface area contributed by atoms with Crippen LogP contribution < -0.4 is 5.73 Å². The van der Waals surface area contributed by atoms with Crippen molar-refractivity contribution in [2.24, 2.45) is 5.73 Å². The maximum atomic E-state index is 6.04. The van der Waals surface area contributed by atoms with Crippen LogP contribution in [-0.2, 0) is 6.42 Å². The summed E-state index contributed by atoms with van der Waals surface area (Å²) in [7, 11) is 0. The average molecular weight is 234 g/mol. The molecule has 1 unspecified atom stereocenters. The highest BCUT2D eigenvalue weighted by atomic mass is 35.5. The second kappa shape index (κ2) is 5.05. The average Bonchev–Trinajstić information content (AvgIpc) is 2.33. The van der Waals surface area contributed by atoms with Crippen LogP contribution in [0.4, 0.5) is 0 Å². The van der Waals surface area contributed by atoms with Crippen molar-refractivity contribution in [3.8, 4) is 0 Å². The molecule has 0 aliphatic rings. The van der Waals surface area contributed by atoms with Gasteiger partial charge in [0, 0.05) is 11.2 Å². The number of aromatic nitrogens is 2. The third-order valence-corrected chi connectivity index (χ3v) is 2.61. The molecule has 0 aliphatic heterocycles. The van der Waals surface area contributed by atoms with Crippen molar-refractivity contribution in [2.45, 2.75) is 12.5 Å². The van der Waals surface area contributed by atoms with E-state index in [-0.39, 0.29) is 6.04 Å². The van der Waals surface area contributed by atoms with Crippen molar-refractivity contribution in [3.05, 3.63) is 59.1 Å². The Bertz CT molecular complexity index is 442. The largest absolute Gasteiger partial charge is 0.322 e. The SMILES string of the molecule is NC(Cc1ccc(Cl)cc1)c1ccncn1. The molecule has 82 valence electrons. The van der Waals surface area contributed by atoms with Gasteiger partial charge in [-0.15, -0.1) is 0 Å². The van der Waals surface area contributed by atoms with E-state index < -0.39 is 0 Å². The van der Waals surface area contributed by atoms with Gasteiger partial charge >= 0.3 is 0 Å². The third kappa shape index (κ3) is 2.78. The van der Waals surface area contributed by atoms with Gasteiger partial charge in [0.1, 0.15) is 6.33 Å². The molecule has 0 saturated heterocycles. The van der Waals surface area contributed by atoms with E-state index in [1.54, 1.807) is 6.20 Å². The van der Waals surface area contributed by atoms with Gasteiger partial charge in [-0.25, -0.2) is 9.97 Å². The van der Waals surface area contributed by atoms with Gasteiger partial charge in [-0.05, 0) is 30.2 Å². The summed E-state index contributed by atoms with van der Waals surface area (Å²) < 4.78 is 0. The fraction of sp³-hybridized carbons (Fsp3) is 0.167. The molecule has 4 heteroatoms. The zero-order valence-electron chi connectivity index (χ0n) is 8.68. The minimum absolute atomic E-state index is 0.107. The lowest BCUT2D eigenvalue weighted by molar-refractivity contribution is 0.693. The zero-order chi connectivity index (χ0) is 11.4. The number of benzene rings is 1. The van der Waals surface area contributed by atoms with Crippen LogP contribution >= 0.6 is 11.6 Å². The fourth-order valence-electron chi connectivity index (χ4n) is 1.50. The van der Waals surface area contributed by atoms with Gasteiger partial charge in [0.25, 0.3) is 0 Å². The minimum atomic E-state index is -0.107. The van der Waals surface area contributed by atoms with E-state index >= 15 is 0 Å². The summed E-state index contributed by atoms with van der Waals surface area (Å²) in [5.41, 5.74) is 8.04. The predicted octanol–water partition coefficient (Wildman–Crippen LogP) is 2.37. The molecule has 0 spiro atoms. The molecule has 0 fully saturated rings. The lowest BCUT2D eigenvalue weighted by atomic mass is 10.0. The summed E-state index contributed by atoms with van der Waals surface area (Å²) in [6.45, 7) is 0. The Morgan fingerprint density at radius 1 is 1.19 bits per heavy atom. The van der Waals surface area contributed by atoms with E-state index in [1.807, 2.05) is 30.3 Å². The molecule has 1 aromatic heterocycles. The molecule has 0 bridgehead atoms. The Morgan fingerprint density at radius 3 is 2.56 bits per heavy atom. The monoisotopic (exact) mass is 233 g/mol. The van der Waals surface area contributed by atoms with Crippen LogP contribution in [0.25, 0.3) is 0 Å². The van der Waals surface area contributed by atoms with Crippen LogP contribution in [0, 0.1) is 0 Å². The van der Waals surface area contributed by atoms with Crippen molar-refractivity contribution in [1.29, 1.82) is 0 Å². The first kappa shape index (κ1) is 11.0. The fourth-order valence-corrected chi connectivity index (χ4v) is 1.63. The molecule has 1 heterocycles. The molecule has 0 aliphatic carbocycles. The zero-order valence-corrected chi connectivity index (χ0v) is 9.43. The summed E-state index contributed by atoms with van der Waals surface area (Å²) in [6.07, 6.45) is 3.95. The van der Waals surface area contributed by atoms with Gasteiger partial charge in [-0.1, -0.05) is 23.7 Å². The number of nitrogens with zero attached hydrogens (tertiary/aromatic N) is 2. The van der Waals surface area contributed by atoms with Crippen molar-refractivity contribution >= 4 is 11.6 Å². The third-order valence-electron chi connectivity index (χ3n) is 2.35. The topological polar surface area (TPSA) is 51.8 Å². The highest BCUT2D eigenvalue weighted by molar-refractivity contribution is 6.30. The molecule has 2 N–H and O–H groups in total. The first-order valence-corrected chi connectivity index (χ1v) is 5.39. The Kier molecular flexibility index (Phi) is 3.49. The van der Waals surface area contributed by atoms with E-state index in [1.165, 1.54) is 6.33 Å². The van der Waals surface area contributed by atoms with Gasteiger partial charge < -0.3 is 5.73 Å². The van der Waals surface area contributed by atoms with E-state index in [9.17, 15) is 0 Å². The van der Waals surface area contributed by atoms with Crippen molar-refractivity contribution in [2.75, 3.05) is 0 Å². The second-order valence-electron chi connectivity index (χ2n) is 3.57. The van der Waals surface area contributed by atoms with Crippen molar-refractivity contribution in [3.63, 3.8) is 0 Å². The second-order valence-corrected chi connectivity index (χ2v) is 4.01. The summed E-state index contributed by atoms with van der Waals surface area (Å²) >= 11 is 5.81. The Morgan fingerprint density at radius 2 is 1.94 bits per heavy atom. The lowest BCUT2D eigenvalue weighted by Gasteiger charge is -2.10. The Labute approximate surface area is 99.3 Å². The molecule has 16 heavy (non-hydrogen) atoms. The van der Waals surface area contributed by atoms with Gasteiger partial charge in [0.05, 0.1) is 11.7 Å². The maximum absolute atomic E-state index is 6.04. The summed E-state index contributed by atoms with van der Waals surface area (Å²) in [5.74, 6) is 0. The van der Waals surface area contributed by atoms with Gasteiger partial charge in [0.15, 0.2) is 0 Å². The van der Waals surface area contributed by atoms with E-state index in [4.69, 9.17) is 17.3 Å². The number of hydrogen-bond acceptors (Lipinski definition) is 3. The molecule has 2 rings (SSSR count). The van der Waals surface area contributed by atoms with Crippen molar-refractivity contribution < 1.29 is 0 Å². The van der Waals surface area contributed by atoms with Crippen molar-refractivity contribution in [1.82, 2.24) is 9.97 Å². The number of nitrogens with two attached hydrogens (primary N) is 1. The van der Waals surface area contributed by atoms with Crippen LogP contribution in [0.3, 0.4) is 0 Å². The molecule has 0 amide bonds. The molecular formula is C12H12ClN3. The molecule has 0 radical (unpaired) electrons. The van der Waals surface area contributed by atoms with Crippen LogP contribution in [0.15, 0.2) is 42.9 Å². The predicted molar refractivity (Wildman–Crippen MR) is 64.1 cm³/mol. The molecular weight excluding hydrogens is 222 g/mol. The first-order valence-electron chi connectivity index (χ1n) is 5.01. The molecule has 2 aromatic rings. The lowest BCUT2D eigenvalue weighted by Crippen LogP contribution is -2.14.